The average Bonchev–Trinajstić information content (AvgIpc) is 3.23. The minimum absolute atomic E-state index is 0. The van der Waals surface area contributed by atoms with Crippen molar-refractivity contribution in [1.29, 1.82) is 0 Å². The van der Waals surface area contributed by atoms with Crippen LogP contribution in [0.1, 0.15) is 47.4 Å². The minimum atomic E-state index is -0.237. The van der Waals surface area contributed by atoms with E-state index in [4.69, 9.17) is 10.2 Å². The zero-order valence-electron chi connectivity index (χ0n) is 13.4. The van der Waals surface area contributed by atoms with Crippen molar-refractivity contribution in [2.24, 2.45) is 5.73 Å². The van der Waals surface area contributed by atoms with E-state index in [2.05, 4.69) is 5.32 Å². The molecule has 1 aromatic heterocycles. The fourth-order valence-electron chi connectivity index (χ4n) is 3.38. The summed E-state index contributed by atoms with van der Waals surface area (Å²) in [4.78, 5) is 12.3. The molecular formula is C18H22ClFN2O2. The van der Waals surface area contributed by atoms with E-state index < -0.39 is 0 Å². The second-order valence-electron chi connectivity index (χ2n) is 6.18. The summed E-state index contributed by atoms with van der Waals surface area (Å²) in [6.45, 7) is 0.813. The predicted molar refractivity (Wildman–Crippen MR) is 92.7 cm³/mol. The molecule has 0 bridgehead atoms. The smallest absolute Gasteiger partial charge is 0.254 e. The monoisotopic (exact) mass is 352 g/mol. The molecule has 0 aliphatic heterocycles. The lowest BCUT2D eigenvalue weighted by molar-refractivity contribution is 0.0942. The third kappa shape index (κ3) is 3.79. The first-order valence-corrected chi connectivity index (χ1v) is 7.95. The van der Waals surface area contributed by atoms with E-state index in [1.165, 1.54) is 18.4 Å². The van der Waals surface area contributed by atoms with Gasteiger partial charge in [-0.05, 0) is 36.6 Å². The van der Waals surface area contributed by atoms with Crippen LogP contribution in [0.2, 0.25) is 0 Å². The Labute approximate surface area is 147 Å². The molecule has 0 unspecified atom stereocenters. The number of benzene rings is 1. The van der Waals surface area contributed by atoms with E-state index >= 15 is 0 Å². The van der Waals surface area contributed by atoms with Crippen molar-refractivity contribution in [3.63, 3.8) is 0 Å². The predicted octanol–water partition coefficient (Wildman–Crippen LogP) is 3.54. The SMILES string of the molecule is Cl.NCc1cc(C(=O)NCC2(c3ccc(F)cc3)CCCC2)co1. The fourth-order valence-corrected chi connectivity index (χ4v) is 3.38. The summed E-state index contributed by atoms with van der Waals surface area (Å²) in [7, 11) is 0. The molecule has 1 saturated carbocycles. The summed E-state index contributed by atoms with van der Waals surface area (Å²) in [5.41, 5.74) is 6.96. The van der Waals surface area contributed by atoms with Gasteiger partial charge in [-0.1, -0.05) is 25.0 Å². The number of carbonyl (C=O) groups is 1. The Morgan fingerprint density at radius 3 is 2.50 bits per heavy atom. The van der Waals surface area contributed by atoms with Crippen molar-refractivity contribution in [2.45, 2.75) is 37.6 Å². The molecule has 0 radical (unpaired) electrons. The second kappa shape index (κ2) is 7.81. The van der Waals surface area contributed by atoms with Crippen molar-refractivity contribution in [1.82, 2.24) is 5.32 Å². The molecule has 0 spiro atoms. The normalized spacial score (nSPS) is 15.8. The van der Waals surface area contributed by atoms with Gasteiger partial charge in [0.15, 0.2) is 0 Å². The number of rotatable bonds is 5. The number of furan rings is 1. The maximum atomic E-state index is 13.2. The highest BCUT2D eigenvalue weighted by Crippen LogP contribution is 2.40. The Kier molecular flexibility index (Phi) is 6.02. The first-order chi connectivity index (χ1) is 11.1. The quantitative estimate of drug-likeness (QED) is 0.864. The van der Waals surface area contributed by atoms with Crippen LogP contribution in [-0.4, -0.2) is 12.5 Å². The molecule has 3 N–H and O–H groups in total. The molecule has 1 fully saturated rings. The zero-order valence-corrected chi connectivity index (χ0v) is 14.2. The van der Waals surface area contributed by atoms with Gasteiger partial charge in [0.25, 0.3) is 5.91 Å². The summed E-state index contributed by atoms with van der Waals surface area (Å²) >= 11 is 0. The van der Waals surface area contributed by atoms with Gasteiger partial charge in [0, 0.05) is 12.0 Å². The van der Waals surface area contributed by atoms with E-state index in [-0.39, 0.29) is 36.1 Å². The zero-order chi connectivity index (χ0) is 16.3. The molecular weight excluding hydrogens is 331 g/mol. The van der Waals surface area contributed by atoms with Crippen LogP contribution in [0.25, 0.3) is 0 Å². The molecule has 2 aromatic rings. The van der Waals surface area contributed by atoms with Gasteiger partial charge in [0.05, 0.1) is 12.1 Å². The Balaban J connectivity index is 0.00000208. The summed E-state index contributed by atoms with van der Waals surface area (Å²) in [5.74, 6) is 0.185. The standard InChI is InChI=1S/C18H21FN2O2.ClH/c19-15-5-3-14(4-6-15)18(7-1-2-8-18)12-21-17(22)13-9-16(10-20)23-11-13;/h3-6,9,11H,1-2,7-8,10,12,20H2,(H,21,22);1H. The number of nitrogens with one attached hydrogen (secondary N) is 1. The largest absolute Gasteiger partial charge is 0.467 e. The number of hydrogen-bond acceptors (Lipinski definition) is 3. The molecule has 1 aliphatic rings. The van der Waals surface area contributed by atoms with Gasteiger partial charge in [-0.15, -0.1) is 12.4 Å². The van der Waals surface area contributed by atoms with Crippen LogP contribution < -0.4 is 11.1 Å². The number of halogens is 2. The minimum Gasteiger partial charge on any atom is -0.467 e. The van der Waals surface area contributed by atoms with Crippen molar-refractivity contribution in [2.75, 3.05) is 6.54 Å². The van der Waals surface area contributed by atoms with Gasteiger partial charge < -0.3 is 15.5 Å². The second-order valence-corrected chi connectivity index (χ2v) is 6.18. The molecule has 3 rings (SSSR count). The van der Waals surface area contributed by atoms with Gasteiger partial charge in [0.2, 0.25) is 0 Å². The van der Waals surface area contributed by atoms with E-state index in [0.29, 0.717) is 17.9 Å². The highest BCUT2D eigenvalue weighted by atomic mass is 35.5. The Morgan fingerprint density at radius 1 is 1.25 bits per heavy atom. The van der Waals surface area contributed by atoms with Gasteiger partial charge in [-0.25, -0.2) is 4.39 Å². The molecule has 4 nitrogen and oxygen atoms in total. The first kappa shape index (κ1) is 18.5. The molecule has 24 heavy (non-hydrogen) atoms. The maximum Gasteiger partial charge on any atom is 0.254 e. The van der Waals surface area contributed by atoms with Crippen LogP contribution in [-0.2, 0) is 12.0 Å². The van der Waals surface area contributed by atoms with Crippen LogP contribution in [0.3, 0.4) is 0 Å². The number of carbonyl (C=O) groups excluding carboxylic acids is 1. The van der Waals surface area contributed by atoms with Crippen LogP contribution in [0.15, 0.2) is 41.0 Å². The number of amides is 1. The van der Waals surface area contributed by atoms with Gasteiger partial charge in [-0.3, -0.25) is 4.79 Å². The molecule has 130 valence electrons. The molecule has 0 atom stereocenters. The fraction of sp³-hybridized carbons (Fsp3) is 0.389. The molecule has 1 aromatic carbocycles. The lowest BCUT2D eigenvalue weighted by Gasteiger charge is -2.30. The third-order valence-corrected chi connectivity index (χ3v) is 4.72. The van der Waals surface area contributed by atoms with Gasteiger partial charge in [0.1, 0.15) is 17.8 Å². The Morgan fingerprint density at radius 2 is 1.92 bits per heavy atom. The highest BCUT2D eigenvalue weighted by molar-refractivity contribution is 5.94. The molecule has 0 saturated heterocycles. The summed E-state index contributed by atoms with van der Waals surface area (Å²) < 4.78 is 18.4. The lowest BCUT2D eigenvalue weighted by atomic mass is 9.78. The molecule has 1 heterocycles. The van der Waals surface area contributed by atoms with Crippen molar-refractivity contribution in [3.8, 4) is 0 Å². The number of nitrogens with two attached hydrogens (primary N) is 1. The van der Waals surface area contributed by atoms with Crippen LogP contribution >= 0.6 is 12.4 Å². The lowest BCUT2D eigenvalue weighted by Crippen LogP contribution is -2.38. The Bertz CT molecular complexity index is 679. The van der Waals surface area contributed by atoms with E-state index in [9.17, 15) is 9.18 Å². The van der Waals surface area contributed by atoms with E-state index in [0.717, 1.165) is 31.2 Å². The first-order valence-electron chi connectivity index (χ1n) is 7.95. The van der Waals surface area contributed by atoms with Crippen molar-refractivity contribution < 1.29 is 13.6 Å². The van der Waals surface area contributed by atoms with Gasteiger partial charge in [-0.2, -0.15) is 0 Å². The van der Waals surface area contributed by atoms with Crippen LogP contribution in [0, 0.1) is 5.82 Å². The molecule has 1 amide bonds. The van der Waals surface area contributed by atoms with Gasteiger partial charge >= 0.3 is 0 Å². The van der Waals surface area contributed by atoms with Crippen molar-refractivity contribution in [3.05, 3.63) is 59.3 Å². The van der Waals surface area contributed by atoms with E-state index in [1.54, 1.807) is 6.07 Å². The topological polar surface area (TPSA) is 68.3 Å². The summed E-state index contributed by atoms with van der Waals surface area (Å²) in [6, 6.07) is 8.30. The van der Waals surface area contributed by atoms with E-state index in [1.807, 2.05) is 12.1 Å². The third-order valence-electron chi connectivity index (χ3n) is 4.72. The highest BCUT2D eigenvalue weighted by Gasteiger charge is 2.36. The van der Waals surface area contributed by atoms with Crippen LogP contribution in [0.4, 0.5) is 4.39 Å². The summed E-state index contributed by atoms with van der Waals surface area (Å²) in [5, 5.41) is 3.00. The molecule has 1 aliphatic carbocycles. The summed E-state index contributed by atoms with van der Waals surface area (Å²) in [6.07, 6.45) is 5.67. The average molecular weight is 353 g/mol. The van der Waals surface area contributed by atoms with Crippen molar-refractivity contribution >= 4 is 18.3 Å². The Hall–Kier alpha value is -1.85. The number of hydrogen-bond donors (Lipinski definition) is 2. The van der Waals surface area contributed by atoms with Crippen LogP contribution in [0.5, 0.6) is 0 Å². The maximum absolute atomic E-state index is 13.2. The molecule has 6 heteroatoms.